The van der Waals surface area contributed by atoms with E-state index < -0.39 is 51.9 Å². The Hall–Kier alpha value is -6.47. The van der Waals surface area contributed by atoms with Crippen LogP contribution < -0.4 is 36.9 Å². The summed E-state index contributed by atoms with van der Waals surface area (Å²) in [5.41, 5.74) is 10.5. The summed E-state index contributed by atoms with van der Waals surface area (Å²) in [5.74, 6) is -2.76. The van der Waals surface area contributed by atoms with E-state index in [4.69, 9.17) is 25.7 Å². The number of rotatable bonds is 16. The van der Waals surface area contributed by atoms with Crippen molar-refractivity contribution >= 4 is 52.2 Å². The molecule has 7 N–H and O–H groups in total. The van der Waals surface area contributed by atoms with Crippen LogP contribution in [0.3, 0.4) is 0 Å². The van der Waals surface area contributed by atoms with Crippen molar-refractivity contribution in [2.75, 3.05) is 36.9 Å². The maximum absolute atomic E-state index is 15.0. The van der Waals surface area contributed by atoms with Crippen molar-refractivity contribution in [1.82, 2.24) is 24.6 Å². The van der Waals surface area contributed by atoms with E-state index in [1.165, 1.54) is 29.8 Å². The van der Waals surface area contributed by atoms with E-state index in [0.717, 1.165) is 6.07 Å². The summed E-state index contributed by atoms with van der Waals surface area (Å²) in [7, 11) is 0. The maximum atomic E-state index is 15.0. The predicted octanol–water partition coefficient (Wildman–Crippen LogP) is 4.18. The molecule has 3 heterocycles. The largest absolute Gasteiger partial charge is 0.491 e. The van der Waals surface area contributed by atoms with Crippen LogP contribution in [0.25, 0.3) is 11.0 Å². The molecule has 0 spiro atoms. The molecule has 0 aliphatic carbocycles. The monoisotopic (exact) mass is 766 g/mol. The molecule has 5 rings (SSSR count). The zero-order valence-electron chi connectivity index (χ0n) is 31.0. The number of halogens is 1. The van der Waals surface area contributed by atoms with Gasteiger partial charge in [0.25, 0.3) is 11.6 Å². The number of nitro groups is 1. The molecule has 0 unspecified atom stereocenters. The number of carbonyl (C=O) groups is 4. The number of amides is 4. The number of ether oxygens (including phenoxy) is 3. The molecule has 2 aromatic heterocycles. The molecule has 0 saturated carbocycles. The fourth-order valence-electron chi connectivity index (χ4n) is 6.02. The molecule has 0 fully saturated rings. The summed E-state index contributed by atoms with van der Waals surface area (Å²) in [5, 5.41) is 24.6. The first-order valence-electron chi connectivity index (χ1n) is 17.5. The number of primary amides is 2. The number of imidazole rings is 1. The molecule has 19 nitrogen and oxygen atoms in total. The number of nitrogens with one attached hydrogen (secondary N) is 3. The minimum atomic E-state index is -0.891. The molecule has 55 heavy (non-hydrogen) atoms. The number of hydrogen-bond acceptors (Lipinski definition) is 12. The van der Waals surface area contributed by atoms with Crippen LogP contribution in [0.4, 0.5) is 26.5 Å². The lowest BCUT2D eigenvalue weighted by atomic mass is 10.1. The summed E-state index contributed by atoms with van der Waals surface area (Å²) in [4.78, 5) is 65.5. The highest BCUT2D eigenvalue weighted by Gasteiger charge is 2.31. The Balaban J connectivity index is 1.35. The maximum Gasteiger partial charge on any atom is 0.407 e. The highest BCUT2D eigenvalue weighted by atomic mass is 19.1. The Morgan fingerprint density at radius 3 is 2.45 bits per heavy atom. The normalized spacial score (nSPS) is 13.5. The topological polar surface area (TPSA) is 263 Å². The van der Waals surface area contributed by atoms with Crippen LogP contribution >= 0.6 is 0 Å². The van der Waals surface area contributed by atoms with Crippen LogP contribution in [-0.2, 0) is 11.3 Å². The number of alkyl carbamates (subject to hydrolysis) is 1. The van der Waals surface area contributed by atoms with E-state index in [0.29, 0.717) is 36.0 Å². The number of aryl methyl sites for hydroxylation is 2. The lowest BCUT2D eigenvalue weighted by Gasteiger charge is -2.27. The molecule has 1 aliphatic rings. The van der Waals surface area contributed by atoms with Crippen molar-refractivity contribution in [3.05, 3.63) is 62.7 Å². The molecule has 4 aromatic rings. The molecule has 2 aromatic carbocycles. The van der Waals surface area contributed by atoms with Gasteiger partial charge in [0.2, 0.25) is 17.8 Å². The summed E-state index contributed by atoms with van der Waals surface area (Å²) >= 11 is 0. The predicted molar refractivity (Wildman–Crippen MR) is 197 cm³/mol. The van der Waals surface area contributed by atoms with Gasteiger partial charge in [0.1, 0.15) is 29.2 Å². The van der Waals surface area contributed by atoms with Gasteiger partial charge in [-0.15, -0.1) is 0 Å². The van der Waals surface area contributed by atoms with E-state index in [-0.39, 0.29) is 72.7 Å². The van der Waals surface area contributed by atoms with Gasteiger partial charge in [0.15, 0.2) is 17.2 Å². The van der Waals surface area contributed by atoms with Crippen LogP contribution in [0.5, 0.6) is 11.5 Å². The first kappa shape index (κ1) is 39.7. The first-order valence-corrected chi connectivity index (χ1v) is 17.5. The quantitative estimate of drug-likeness (QED) is 0.0611. The van der Waals surface area contributed by atoms with Crippen LogP contribution in [0.2, 0.25) is 0 Å². The molecule has 1 atom stereocenters. The van der Waals surface area contributed by atoms with Crippen molar-refractivity contribution in [3.63, 3.8) is 0 Å². The van der Waals surface area contributed by atoms with Crippen LogP contribution in [0, 0.1) is 22.9 Å². The Morgan fingerprint density at radius 1 is 1.09 bits per heavy atom. The molecule has 0 bridgehead atoms. The second-order valence-corrected chi connectivity index (χ2v) is 13.7. The van der Waals surface area contributed by atoms with Crippen molar-refractivity contribution < 1.29 is 42.7 Å². The van der Waals surface area contributed by atoms with Crippen molar-refractivity contribution in [2.45, 2.75) is 72.1 Å². The Bertz CT molecular complexity index is 2160. The highest BCUT2D eigenvalue weighted by Crippen LogP contribution is 2.40. The van der Waals surface area contributed by atoms with E-state index >= 15 is 0 Å². The third-order valence-electron chi connectivity index (χ3n) is 8.45. The Morgan fingerprint density at radius 2 is 1.80 bits per heavy atom. The minimum Gasteiger partial charge on any atom is -0.491 e. The fraction of sp³-hybridized carbons (Fsp3) is 0.429. The molecular weight excluding hydrogens is 723 g/mol. The Labute approximate surface area is 314 Å². The van der Waals surface area contributed by atoms with Gasteiger partial charge < -0.3 is 40.9 Å². The van der Waals surface area contributed by atoms with E-state index in [9.17, 15) is 33.7 Å². The summed E-state index contributed by atoms with van der Waals surface area (Å²) < 4.78 is 35.1. The molecule has 0 radical (unpaired) electrons. The van der Waals surface area contributed by atoms with Crippen LogP contribution in [0.15, 0.2) is 24.3 Å². The number of anilines is 2. The van der Waals surface area contributed by atoms with Crippen LogP contribution in [0.1, 0.15) is 89.9 Å². The highest BCUT2D eigenvalue weighted by molar-refractivity contribution is 6.04. The minimum absolute atomic E-state index is 0.00977. The Kier molecular flexibility index (Phi) is 11.8. The van der Waals surface area contributed by atoms with Gasteiger partial charge in [-0.25, -0.2) is 14.2 Å². The van der Waals surface area contributed by atoms with Gasteiger partial charge >= 0.3 is 6.09 Å². The SMILES string of the molecule is CCn1nc(C)c(F)c1C(=O)Nc1nc2cc(C(N)=O)cc3c2n1[C@H](CCCNc1c(OCCCNC(=O)OC(C)(C)C)cc(C(N)=O)cc1[N+](=O)[O-])CO3. The van der Waals surface area contributed by atoms with E-state index in [1.807, 2.05) is 0 Å². The van der Waals surface area contributed by atoms with Gasteiger partial charge in [-0.1, -0.05) is 0 Å². The second kappa shape index (κ2) is 16.3. The molecular formula is C35H43FN10O9. The standard InChI is InChI=1S/C35H43FN10O9/c1-6-44-29(26(36)18(2)43-44)32(49)42-33-41-22-13-19(30(37)47)16-25-28(22)45(33)21(17-54-25)9-7-10-39-27-23(46(51)52)14-20(31(38)48)15-24(27)53-12-8-11-40-34(50)55-35(3,4)5/h13-16,21,39H,6-12,17H2,1-5H3,(H2,37,47)(H2,38,48)(H,40,50)(H,41,42,49)/t21-/m1/s1. The number of carbonyl (C=O) groups excluding carboxylic acids is 4. The third-order valence-corrected chi connectivity index (χ3v) is 8.45. The van der Waals surface area contributed by atoms with Crippen molar-refractivity contribution in [3.8, 4) is 11.5 Å². The van der Waals surface area contributed by atoms with Gasteiger partial charge in [-0.3, -0.25) is 34.5 Å². The molecule has 0 saturated heterocycles. The van der Waals surface area contributed by atoms with Crippen molar-refractivity contribution in [2.24, 2.45) is 11.5 Å². The van der Waals surface area contributed by atoms with Gasteiger partial charge in [0.05, 0.1) is 28.8 Å². The summed E-state index contributed by atoms with van der Waals surface area (Å²) in [6.45, 7) is 9.08. The second-order valence-electron chi connectivity index (χ2n) is 13.7. The fourth-order valence-corrected chi connectivity index (χ4v) is 6.02. The first-order chi connectivity index (χ1) is 26.0. The lowest BCUT2D eigenvalue weighted by molar-refractivity contribution is -0.384. The third kappa shape index (κ3) is 9.02. The molecule has 20 heteroatoms. The lowest BCUT2D eigenvalue weighted by Crippen LogP contribution is -2.33. The number of nitrogens with two attached hydrogens (primary N) is 2. The number of aromatic nitrogens is 4. The van der Waals surface area contributed by atoms with Gasteiger partial charge in [0, 0.05) is 36.8 Å². The molecule has 4 amide bonds. The number of benzene rings is 2. The number of nitrogens with zero attached hydrogens (tertiary/aromatic N) is 5. The average Bonchev–Trinajstić information content (AvgIpc) is 3.62. The number of nitro benzene ring substituents is 1. The van der Waals surface area contributed by atoms with Gasteiger partial charge in [-0.05, 0) is 72.1 Å². The van der Waals surface area contributed by atoms with Crippen molar-refractivity contribution in [1.29, 1.82) is 0 Å². The molecule has 1 aliphatic heterocycles. The zero-order valence-corrected chi connectivity index (χ0v) is 31.0. The summed E-state index contributed by atoms with van der Waals surface area (Å²) in [6.07, 6.45) is 0.476. The smallest absolute Gasteiger partial charge is 0.407 e. The number of hydrogen-bond donors (Lipinski definition) is 5. The van der Waals surface area contributed by atoms with E-state index in [2.05, 4.69) is 26.0 Å². The van der Waals surface area contributed by atoms with Gasteiger partial charge in [-0.2, -0.15) is 5.10 Å². The zero-order chi connectivity index (χ0) is 40.2. The average molecular weight is 767 g/mol. The van der Waals surface area contributed by atoms with E-state index in [1.54, 1.807) is 32.3 Å². The summed E-state index contributed by atoms with van der Waals surface area (Å²) in [6, 6.07) is 4.85. The van der Waals surface area contributed by atoms with Crippen LogP contribution in [-0.4, -0.2) is 80.0 Å². The molecule has 294 valence electrons.